The van der Waals surface area contributed by atoms with E-state index < -0.39 is 10.0 Å². The minimum absolute atomic E-state index is 0.109. The average Bonchev–Trinajstić information content (AvgIpc) is 2.46. The number of hydrogen-bond acceptors (Lipinski definition) is 4. The normalized spacial score (nSPS) is 16.1. The SMILES string of the molecule is Nc1ccc(S(=O)(=O)NCC(=O)N2CCCCC2)cc1. The van der Waals surface area contributed by atoms with Gasteiger partial charge in [0, 0.05) is 18.8 Å². The lowest BCUT2D eigenvalue weighted by atomic mass is 10.1. The molecule has 7 heteroatoms. The third kappa shape index (κ3) is 3.71. The number of anilines is 1. The largest absolute Gasteiger partial charge is 0.399 e. The predicted octanol–water partition coefficient (Wildman–Crippen LogP) is 0.560. The van der Waals surface area contributed by atoms with E-state index in [0.717, 1.165) is 19.3 Å². The Morgan fingerprint density at radius 2 is 1.75 bits per heavy atom. The number of sulfonamides is 1. The van der Waals surface area contributed by atoms with Crippen molar-refractivity contribution in [2.24, 2.45) is 0 Å². The molecule has 0 radical (unpaired) electrons. The van der Waals surface area contributed by atoms with E-state index in [1.807, 2.05) is 0 Å². The average molecular weight is 297 g/mol. The molecule has 1 aromatic carbocycles. The Morgan fingerprint density at radius 3 is 2.35 bits per heavy atom. The van der Waals surface area contributed by atoms with Crippen molar-refractivity contribution in [3.63, 3.8) is 0 Å². The molecule has 0 unspecified atom stereocenters. The maximum Gasteiger partial charge on any atom is 0.241 e. The van der Waals surface area contributed by atoms with Crippen LogP contribution in [0.2, 0.25) is 0 Å². The summed E-state index contributed by atoms with van der Waals surface area (Å²) in [6, 6.07) is 5.87. The molecule has 0 bridgehead atoms. The first-order chi connectivity index (χ1) is 9.49. The molecule has 0 aliphatic carbocycles. The van der Waals surface area contributed by atoms with Crippen molar-refractivity contribution in [1.29, 1.82) is 0 Å². The van der Waals surface area contributed by atoms with E-state index in [9.17, 15) is 13.2 Å². The van der Waals surface area contributed by atoms with Gasteiger partial charge >= 0.3 is 0 Å². The van der Waals surface area contributed by atoms with E-state index in [0.29, 0.717) is 18.8 Å². The van der Waals surface area contributed by atoms with Gasteiger partial charge in [-0.15, -0.1) is 0 Å². The monoisotopic (exact) mass is 297 g/mol. The predicted molar refractivity (Wildman–Crippen MR) is 76.5 cm³/mol. The molecule has 3 N–H and O–H groups in total. The molecular formula is C13H19N3O3S. The van der Waals surface area contributed by atoms with Crippen molar-refractivity contribution in [1.82, 2.24) is 9.62 Å². The molecule has 1 aliphatic heterocycles. The van der Waals surface area contributed by atoms with Gasteiger partial charge in [-0.25, -0.2) is 13.1 Å². The van der Waals surface area contributed by atoms with E-state index in [-0.39, 0.29) is 17.3 Å². The molecular weight excluding hydrogens is 278 g/mol. The Balaban J connectivity index is 1.95. The summed E-state index contributed by atoms with van der Waals surface area (Å²) in [5.41, 5.74) is 6.01. The highest BCUT2D eigenvalue weighted by atomic mass is 32.2. The fourth-order valence-corrected chi connectivity index (χ4v) is 3.12. The zero-order valence-electron chi connectivity index (χ0n) is 11.2. The molecule has 0 aromatic heterocycles. The molecule has 1 aliphatic rings. The molecule has 1 amide bonds. The van der Waals surface area contributed by atoms with Crippen molar-refractivity contribution in [2.75, 3.05) is 25.4 Å². The summed E-state index contributed by atoms with van der Waals surface area (Å²) in [6.45, 7) is 1.22. The van der Waals surface area contributed by atoms with Gasteiger partial charge in [0.05, 0.1) is 11.4 Å². The molecule has 0 spiro atoms. The highest BCUT2D eigenvalue weighted by Gasteiger charge is 2.20. The second kappa shape index (κ2) is 6.23. The first-order valence-corrected chi connectivity index (χ1v) is 8.10. The lowest BCUT2D eigenvalue weighted by molar-refractivity contribution is -0.130. The van der Waals surface area contributed by atoms with Crippen LogP contribution in [0, 0.1) is 0 Å². The Morgan fingerprint density at radius 1 is 1.15 bits per heavy atom. The molecule has 2 rings (SSSR count). The second-order valence-electron chi connectivity index (χ2n) is 4.84. The lowest BCUT2D eigenvalue weighted by Gasteiger charge is -2.26. The Bertz CT molecular complexity index is 563. The smallest absolute Gasteiger partial charge is 0.241 e. The standard InChI is InChI=1S/C13H19N3O3S/c14-11-4-6-12(7-5-11)20(18,19)15-10-13(17)16-8-2-1-3-9-16/h4-7,15H,1-3,8-10,14H2. The summed E-state index contributed by atoms with van der Waals surface area (Å²) >= 11 is 0. The topological polar surface area (TPSA) is 92.5 Å². The molecule has 1 fully saturated rings. The van der Waals surface area contributed by atoms with E-state index in [1.54, 1.807) is 4.90 Å². The van der Waals surface area contributed by atoms with E-state index >= 15 is 0 Å². The molecule has 110 valence electrons. The van der Waals surface area contributed by atoms with Crippen LogP contribution in [0.5, 0.6) is 0 Å². The van der Waals surface area contributed by atoms with Crippen molar-refractivity contribution >= 4 is 21.6 Å². The quantitative estimate of drug-likeness (QED) is 0.794. The van der Waals surface area contributed by atoms with Crippen LogP contribution in [-0.4, -0.2) is 38.9 Å². The minimum Gasteiger partial charge on any atom is -0.399 e. The van der Waals surface area contributed by atoms with Gasteiger partial charge in [-0.1, -0.05) is 0 Å². The zero-order chi connectivity index (χ0) is 14.6. The van der Waals surface area contributed by atoms with Crippen LogP contribution in [0.25, 0.3) is 0 Å². The second-order valence-corrected chi connectivity index (χ2v) is 6.60. The van der Waals surface area contributed by atoms with Crippen molar-refractivity contribution in [3.8, 4) is 0 Å². The minimum atomic E-state index is -3.66. The van der Waals surface area contributed by atoms with Gasteiger partial charge in [0.15, 0.2) is 0 Å². The number of rotatable bonds is 4. The fraction of sp³-hybridized carbons (Fsp3) is 0.462. The third-order valence-corrected chi connectivity index (χ3v) is 4.73. The summed E-state index contributed by atoms with van der Waals surface area (Å²) in [6.07, 6.45) is 3.09. The van der Waals surface area contributed by atoms with Crippen LogP contribution in [0.4, 0.5) is 5.69 Å². The number of nitrogens with two attached hydrogens (primary N) is 1. The molecule has 20 heavy (non-hydrogen) atoms. The number of nitrogen functional groups attached to an aromatic ring is 1. The fourth-order valence-electron chi connectivity index (χ4n) is 2.14. The molecule has 1 heterocycles. The van der Waals surface area contributed by atoms with Crippen molar-refractivity contribution in [3.05, 3.63) is 24.3 Å². The van der Waals surface area contributed by atoms with Gasteiger partial charge in [0.2, 0.25) is 15.9 Å². The number of amides is 1. The van der Waals surface area contributed by atoms with E-state index in [2.05, 4.69) is 4.72 Å². The summed E-state index contributed by atoms with van der Waals surface area (Å²) in [5, 5.41) is 0. The van der Waals surface area contributed by atoms with Crippen LogP contribution < -0.4 is 10.5 Å². The van der Waals surface area contributed by atoms with Gasteiger partial charge < -0.3 is 10.6 Å². The highest BCUT2D eigenvalue weighted by Crippen LogP contribution is 2.12. The Kier molecular flexibility index (Phi) is 4.61. The summed E-state index contributed by atoms with van der Waals surface area (Å²) in [5.74, 6) is -0.177. The zero-order valence-corrected chi connectivity index (χ0v) is 12.0. The van der Waals surface area contributed by atoms with Gasteiger partial charge in [0.1, 0.15) is 0 Å². The highest BCUT2D eigenvalue weighted by molar-refractivity contribution is 7.89. The van der Waals surface area contributed by atoms with Crippen molar-refractivity contribution in [2.45, 2.75) is 24.2 Å². The molecule has 0 atom stereocenters. The Labute approximate surface area is 119 Å². The van der Waals surface area contributed by atoms with Crippen LogP contribution in [0.1, 0.15) is 19.3 Å². The Hall–Kier alpha value is -1.60. The van der Waals surface area contributed by atoms with Crippen LogP contribution in [-0.2, 0) is 14.8 Å². The van der Waals surface area contributed by atoms with Crippen LogP contribution in [0.15, 0.2) is 29.2 Å². The summed E-state index contributed by atoms with van der Waals surface area (Å²) in [4.78, 5) is 13.7. The number of carbonyl (C=O) groups is 1. The third-order valence-electron chi connectivity index (χ3n) is 3.31. The maximum atomic E-state index is 12.0. The number of carbonyl (C=O) groups excluding carboxylic acids is 1. The van der Waals surface area contributed by atoms with Crippen LogP contribution in [0.3, 0.4) is 0 Å². The number of piperidine rings is 1. The number of nitrogens with one attached hydrogen (secondary N) is 1. The first kappa shape index (κ1) is 14.8. The molecule has 0 saturated carbocycles. The first-order valence-electron chi connectivity index (χ1n) is 6.62. The molecule has 1 saturated heterocycles. The maximum absolute atomic E-state index is 12.0. The van der Waals surface area contributed by atoms with Crippen molar-refractivity contribution < 1.29 is 13.2 Å². The van der Waals surface area contributed by atoms with Gasteiger partial charge in [-0.05, 0) is 43.5 Å². The summed E-state index contributed by atoms with van der Waals surface area (Å²) < 4.78 is 26.3. The number of nitrogens with zero attached hydrogens (tertiary/aromatic N) is 1. The number of hydrogen-bond donors (Lipinski definition) is 2. The van der Waals surface area contributed by atoms with Gasteiger partial charge in [-0.2, -0.15) is 0 Å². The number of benzene rings is 1. The van der Waals surface area contributed by atoms with E-state index in [1.165, 1.54) is 24.3 Å². The van der Waals surface area contributed by atoms with Gasteiger partial charge in [-0.3, -0.25) is 4.79 Å². The number of likely N-dealkylation sites (tertiary alicyclic amines) is 1. The molecule has 6 nitrogen and oxygen atoms in total. The van der Waals surface area contributed by atoms with E-state index in [4.69, 9.17) is 5.73 Å². The lowest BCUT2D eigenvalue weighted by Crippen LogP contribution is -2.42. The molecule has 1 aromatic rings. The van der Waals surface area contributed by atoms with Gasteiger partial charge in [0.25, 0.3) is 0 Å². The summed E-state index contributed by atoms with van der Waals surface area (Å²) in [7, 11) is -3.66. The van der Waals surface area contributed by atoms with Crippen LogP contribution >= 0.6 is 0 Å².